The lowest BCUT2D eigenvalue weighted by Crippen LogP contribution is -2.60. The van der Waals surface area contributed by atoms with Crippen molar-refractivity contribution >= 4 is 0 Å². The summed E-state index contributed by atoms with van der Waals surface area (Å²) in [6.07, 6.45) is 10.4. The van der Waals surface area contributed by atoms with Gasteiger partial charge in [-0.2, -0.15) is 0 Å². The van der Waals surface area contributed by atoms with Crippen LogP contribution in [0, 0.1) is 28.6 Å². The Morgan fingerprint density at radius 1 is 0.952 bits per heavy atom. The molecule has 2 heteroatoms. The van der Waals surface area contributed by atoms with Gasteiger partial charge in [-0.05, 0) is 80.0 Å². The van der Waals surface area contributed by atoms with Crippen LogP contribution in [-0.2, 0) is 0 Å². The molecule has 0 spiro atoms. The fourth-order valence-electron chi connectivity index (χ4n) is 6.76. The van der Waals surface area contributed by atoms with Crippen molar-refractivity contribution in [3.8, 4) is 0 Å². The molecule has 0 saturated heterocycles. The molecule has 21 heavy (non-hydrogen) atoms. The van der Waals surface area contributed by atoms with E-state index in [1.165, 1.54) is 38.5 Å². The van der Waals surface area contributed by atoms with E-state index >= 15 is 0 Å². The predicted molar refractivity (Wildman–Crippen MR) is 85.9 cm³/mol. The van der Waals surface area contributed by atoms with Crippen LogP contribution < -0.4 is 0 Å². The highest BCUT2D eigenvalue weighted by molar-refractivity contribution is 5.10. The topological polar surface area (TPSA) is 40.5 Å². The molecule has 2 nitrogen and oxygen atoms in total. The van der Waals surface area contributed by atoms with Crippen LogP contribution in [0.1, 0.15) is 78.6 Å². The fourth-order valence-corrected chi connectivity index (χ4v) is 6.76. The number of rotatable bonds is 2. The largest absolute Gasteiger partial charge is 0.396 e. The molecule has 5 atom stereocenters. The maximum Gasteiger partial charge on any atom is 0.0683 e. The van der Waals surface area contributed by atoms with Gasteiger partial charge in [0, 0.05) is 6.61 Å². The Hall–Kier alpha value is -0.0800. The fraction of sp³-hybridized carbons (Fsp3) is 1.00. The summed E-state index contributed by atoms with van der Waals surface area (Å²) in [5, 5.41) is 20.6. The highest BCUT2D eigenvalue weighted by atomic mass is 16.3. The summed E-state index contributed by atoms with van der Waals surface area (Å²) in [7, 11) is 0. The summed E-state index contributed by atoms with van der Waals surface area (Å²) in [6.45, 7) is 7.67. The van der Waals surface area contributed by atoms with Gasteiger partial charge < -0.3 is 10.2 Å². The van der Waals surface area contributed by atoms with Gasteiger partial charge in [0.25, 0.3) is 0 Å². The van der Waals surface area contributed by atoms with Crippen LogP contribution in [-0.4, -0.2) is 22.4 Å². The molecule has 0 aromatic rings. The number of fused-ring (bicyclic) bond motifs is 3. The summed E-state index contributed by atoms with van der Waals surface area (Å²) < 4.78 is 0. The van der Waals surface area contributed by atoms with Crippen LogP contribution >= 0.6 is 0 Å². The standard InChI is InChI=1S/C19H34O2/c1-17(2)9-4-10-18(3)15(17)7-11-19(21)13-14(8-12-20)5-6-16(18)19/h14-16,20-21H,4-13H2,1-3H3/t14?,15?,16-,18+,19-/m1/s1. The average molecular weight is 294 g/mol. The van der Waals surface area contributed by atoms with Crippen molar-refractivity contribution in [1.82, 2.24) is 0 Å². The van der Waals surface area contributed by atoms with E-state index in [-0.39, 0.29) is 6.61 Å². The lowest BCUT2D eigenvalue weighted by molar-refractivity contribution is -0.198. The molecule has 0 radical (unpaired) electrons. The second-order valence-electron chi connectivity index (χ2n) is 9.26. The average Bonchev–Trinajstić information content (AvgIpc) is 2.37. The normalized spacial score (nSPS) is 49.3. The minimum atomic E-state index is -0.448. The Labute approximate surface area is 130 Å². The van der Waals surface area contributed by atoms with Crippen LogP contribution in [0.4, 0.5) is 0 Å². The predicted octanol–water partition coefficient (Wildman–Crippen LogP) is 4.14. The molecule has 0 aliphatic heterocycles. The smallest absolute Gasteiger partial charge is 0.0683 e. The molecule has 0 bridgehead atoms. The van der Waals surface area contributed by atoms with Gasteiger partial charge >= 0.3 is 0 Å². The second kappa shape index (κ2) is 5.23. The zero-order valence-electron chi connectivity index (χ0n) is 14.2. The lowest BCUT2D eigenvalue weighted by atomic mass is 9.43. The number of aliphatic hydroxyl groups excluding tert-OH is 1. The monoisotopic (exact) mass is 294 g/mol. The Kier molecular flexibility index (Phi) is 3.94. The summed E-state index contributed by atoms with van der Waals surface area (Å²) >= 11 is 0. The van der Waals surface area contributed by atoms with Crippen LogP contribution in [0.5, 0.6) is 0 Å². The molecular formula is C19H34O2. The third-order valence-electron chi connectivity index (χ3n) is 7.63. The molecular weight excluding hydrogens is 260 g/mol. The Morgan fingerprint density at radius 3 is 2.43 bits per heavy atom. The van der Waals surface area contributed by atoms with Crippen LogP contribution in [0.15, 0.2) is 0 Å². The van der Waals surface area contributed by atoms with Crippen LogP contribution in [0.25, 0.3) is 0 Å². The Bertz CT molecular complexity index is 391. The third-order valence-corrected chi connectivity index (χ3v) is 7.63. The second-order valence-corrected chi connectivity index (χ2v) is 9.26. The summed E-state index contributed by atoms with van der Waals surface area (Å²) in [4.78, 5) is 0. The summed E-state index contributed by atoms with van der Waals surface area (Å²) in [5.74, 6) is 1.80. The maximum atomic E-state index is 11.4. The van der Waals surface area contributed by atoms with Crippen molar-refractivity contribution in [3.05, 3.63) is 0 Å². The van der Waals surface area contributed by atoms with E-state index in [9.17, 15) is 10.2 Å². The highest BCUT2D eigenvalue weighted by Crippen LogP contribution is 2.65. The van der Waals surface area contributed by atoms with Crippen LogP contribution in [0.2, 0.25) is 0 Å². The molecule has 0 heterocycles. The maximum absolute atomic E-state index is 11.4. The van der Waals surface area contributed by atoms with Gasteiger partial charge in [-0.25, -0.2) is 0 Å². The minimum absolute atomic E-state index is 0.276. The van der Waals surface area contributed by atoms with Crippen molar-refractivity contribution in [3.63, 3.8) is 0 Å². The SMILES string of the molecule is CC1(C)CCC[C@@]2(C)C1CC[C@@]1(O)CC(CCO)CC[C@@H]12. The van der Waals surface area contributed by atoms with Crippen molar-refractivity contribution < 1.29 is 10.2 Å². The highest BCUT2D eigenvalue weighted by Gasteiger charge is 2.60. The quantitative estimate of drug-likeness (QED) is 0.803. The van der Waals surface area contributed by atoms with Gasteiger partial charge in [-0.3, -0.25) is 0 Å². The first-order valence-corrected chi connectivity index (χ1v) is 9.15. The van der Waals surface area contributed by atoms with E-state index in [4.69, 9.17) is 0 Å². The van der Waals surface area contributed by atoms with E-state index in [1.807, 2.05) is 0 Å². The number of aliphatic hydroxyl groups is 2. The van der Waals surface area contributed by atoms with Crippen molar-refractivity contribution in [2.45, 2.75) is 84.2 Å². The molecule has 0 aromatic carbocycles. The van der Waals surface area contributed by atoms with E-state index < -0.39 is 5.60 Å². The van der Waals surface area contributed by atoms with E-state index in [0.717, 1.165) is 25.2 Å². The first-order chi connectivity index (χ1) is 9.82. The molecule has 3 rings (SSSR count). The molecule has 2 N–H and O–H groups in total. The van der Waals surface area contributed by atoms with Crippen molar-refractivity contribution in [2.24, 2.45) is 28.6 Å². The van der Waals surface area contributed by atoms with Crippen molar-refractivity contribution in [2.75, 3.05) is 6.61 Å². The van der Waals surface area contributed by atoms with Gasteiger partial charge in [0.05, 0.1) is 5.60 Å². The third kappa shape index (κ3) is 2.47. The lowest BCUT2D eigenvalue weighted by Gasteiger charge is -2.63. The van der Waals surface area contributed by atoms with Gasteiger partial charge in [0.1, 0.15) is 0 Å². The van der Waals surface area contributed by atoms with E-state index in [1.54, 1.807) is 0 Å². The molecule has 2 unspecified atom stereocenters. The molecule has 122 valence electrons. The number of hydrogen-bond donors (Lipinski definition) is 2. The van der Waals surface area contributed by atoms with Crippen LogP contribution in [0.3, 0.4) is 0 Å². The summed E-state index contributed by atoms with van der Waals surface area (Å²) in [6, 6.07) is 0. The molecule has 3 fully saturated rings. The molecule has 0 aromatic heterocycles. The Balaban J connectivity index is 1.86. The van der Waals surface area contributed by atoms with E-state index in [2.05, 4.69) is 20.8 Å². The van der Waals surface area contributed by atoms with Gasteiger partial charge in [0.2, 0.25) is 0 Å². The number of hydrogen-bond acceptors (Lipinski definition) is 2. The zero-order chi connectivity index (χ0) is 15.3. The van der Waals surface area contributed by atoms with E-state index in [0.29, 0.717) is 22.7 Å². The van der Waals surface area contributed by atoms with Gasteiger partial charge in [-0.1, -0.05) is 27.2 Å². The zero-order valence-corrected chi connectivity index (χ0v) is 14.2. The van der Waals surface area contributed by atoms with Crippen molar-refractivity contribution in [1.29, 1.82) is 0 Å². The first-order valence-electron chi connectivity index (χ1n) is 9.15. The molecule has 3 saturated carbocycles. The summed E-state index contributed by atoms with van der Waals surface area (Å²) in [5.41, 5.74) is 0.325. The van der Waals surface area contributed by atoms with Gasteiger partial charge in [0.15, 0.2) is 0 Å². The minimum Gasteiger partial charge on any atom is -0.396 e. The molecule has 3 aliphatic carbocycles. The Morgan fingerprint density at radius 2 is 1.71 bits per heavy atom. The molecule has 0 amide bonds. The van der Waals surface area contributed by atoms with Gasteiger partial charge in [-0.15, -0.1) is 0 Å². The first kappa shape index (κ1) is 15.8. The molecule has 3 aliphatic rings.